The summed E-state index contributed by atoms with van der Waals surface area (Å²) in [6, 6.07) is 10.9. The van der Waals surface area contributed by atoms with Crippen LogP contribution in [-0.4, -0.2) is 32.6 Å². The number of sulfonamides is 1. The van der Waals surface area contributed by atoms with Crippen LogP contribution in [0.3, 0.4) is 0 Å². The van der Waals surface area contributed by atoms with Gasteiger partial charge in [-0.15, -0.1) is 0 Å². The van der Waals surface area contributed by atoms with E-state index < -0.39 is 27.3 Å². The first-order valence-electron chi connectivity index (χ1n) is 8.96. The van der Waals surface area contributed by atoms with Crippen LogP contribution < -0.4 is 14.4 Å². The van der Waals surface area contributed by atoms with Gasteiger partial charge in [-0.2, -0.15) is 0 Å². The summed E-state index contributed by atoms with van der Waals surface area (Å²) in [7, 11) is -3.83. The minimum Gasteiger partial charge on any atom is -0.494 e. The van der Waals surface area contributed by atoms with Gasteiger partial charge in [0.1, 0.15) is 5.75 Å². The fraction of sp³-hybridized carbons (Fsp3) is 0.300. The molecule has 154 valence electrons. The van der Waals surface area contributed by atoms with Gasteiger partial charge in [0.25, 0.3) is 5.91 Å². The third-order valence-electron chi connectivity index (χ3n) is 4.44. The maximum absolute atomic E-state index is 12.7. The molecule has 0 radical (unpaired) electrons. The number of hydrogen-bond acceptors (Lipinski definition) is 5. The third-order valence-corrected chi connectivity index (χ3v) is 6.79. The number of anilines is 2. The Balaban J connectivity index is 1.89. The highest BCUT2D eigenvalue weighted by molar-refractivity contribution is 7.94. The number of rotatable bonds is 5. The quantitative estimate of drug-likeness (QED) is 0.771. The number of hydrogen-bond donors (Lipinski definition) is 1. The van der Waals surface area contributed by atoms with Gasteiger partial charge in [-0.05, 0) is 63.2 Å². The summed E-state index contributed by atoms with van der Waals surface area (Å²) in [5.74, 6) is -0.692. The zero-order valence-electron chi connectivity index (χ0n) is 16.2. The molecule has 1 aliphatic rings. The van der Waals surface area contributed by atoms with E-state index in [1.54, 1.807) is 38.1 Å². The van der Waals surface area contributed by atoms with Crippen molar-refractivity contribution < 1.29 is 22.7 Å². The highest BCUT2D eigenvalue weighted by atomic mass is 35.5. The number of nitrogens with zero attached hydrogens (tertiary/aromatic N) is 1. The summed E-state index contributed by atoms with van der Waals surface area (Å²) < 4.78 is 31.1. The number of benzene rings is 2. The van der Waals surface area contributed by atoms with Gasteiger partial charge in [0.05, 0.1) is 34.0 Å². The van der Waals surface area contributed by atoms with Crippen molar-refractivity contribution >= 4 is 44.8 Å². The van der Waals surface area contributed by atoms with Crippen molar-refractivity contribution in [3.8, 4) is 5.75 Å². The average molecular weight is 437 g/mol. The van der Waals surface area contributed by atoms with Crippen LogP contribution >= 0.6 is 11.6 Å². The minimum absolute atomic E-state index is 0.0609. The molecular weight excluding hydrogens is 416 g/mol. The van der Waals surface area contributed by atoms with E-state index >= 15 is 0 Å². The standard InChI is InChI=1S/C20H21ClN2O5S/c1-4-28-15-8-5-13(6-9-15)22-18(24)16-11-14(7-10-17(16)21)23-19(25)20(2,3)12-29(23,26)27/h5-11H,4,12H2,1-3H3,(H,22,24). The molecule has 0 spiro atoms. The third kappa shape index (κ3) is 4.23. The maximum atomic E-state index is 12.7. The fourth-order valence-electron chi connectivity index (χ4n) is 3.07. The first-order valence-corrected chi connectivity index (χ1v) is 10.9. The first-order chi connectivity index (χ1) is 13.5. The Morgan fingerprint density at radius 2 is 1.86 bits per heavy atom. The second-order valence-corrected chi connectivity index (χ2v) is 9.51. The molecule has 0 unspecified atom stereocenters. The van der Waals surface area contributed by atoms with Crippen LogP contribution in [0.1, 0.15) is 31.1 Å². The van der Waals surface area contributed by atoms with Gasteiger partial charge in [0.2, 0.25) is 15.9 Å². The normalized spacial score (nSPS) is 17.2. The van der Waals surface area contributed by atoms with Crippen LogP contribution in [0.4, 0.5) is 11.4 Å². The van der Waals surface area contributed by atoms with Crippen molar-refractivity contribution in [3.05, 3.63) is 53.1 Å². The van der Waals surface area contributed by atoms with E-state index in [0.717, 1.165) is 4.31 Å². The van der Waals surface area contributed by atoms with Crippen molar-refractivity contribution in [1.82, 2.24) is 0 Å². The van der Waals surface area contributed by atoms with Crippen LogP contribution in [0.5, 0.6) is 5.75 Å². The number of ether oxygens (including phenoxy) is 1. The van der Waals surface area contributed by atoms with Crippen molar-refractivity contribution in [2.45, 2.75) is 20.8 Å². The number of carbonyl (C=O) groups excluding carboxylic acids is 2. The zero-order chi connectivity index (χ0) is 21.4. The van der Waals surface area contributed by atoms with Gasteiger partial charge in [-0.1, -0.05) is 11.6 Å². The van der Waals surface area contributed by atoms with Crippen molar-refractivity contribution in [3.63, 3.8) is 0 Å². The molecule has 0 bridgehead atoms. The molecule has 1 N–H and O–H groups in total. The largest absolute Gasteiger partial charge is 0.494 e. The summed E-state index contributed by atoms with van der Waals surface area (Å²) in [6.07, 6.45) is 0. The minimum atomic E-state index is -3.83. The van der Waals surface area contributed by atoms with E-state index in [9.17, 15) is 18.0 Å². The van der Waals surface area contributed by atoms with Gasteiger partial charge in [-0.25, -0.2) is 12.7 Å². The van der Waals surface area contributed by atoms with E-state index in [-0.39, 0.29) is 22.0 Å². The van der Waals surface area contributed by atoms with Gasteiger partial charge >= 0.3 is 0 Å². The van der Waals surface area contributed by atoms with Crippen LogP contribution in [-0.2, 0) is 14.8 Å². The van der Waals surface area contributed by atoms with Gasteiger partial charge < -0.3 is 10.1 Å². The predicted molar refractivity (Wildman–Crippen MR) is 112 cm³/mol. The lowest BCUT2D eigenvalue weighted by Gasteiger charge is -2.18. The van der Waals surface area contributed by atoms with E-state index in [1.165, 1.54) is 18.2 Å². The Hall–Kier alpha value is -2.58. The summed E-state index contributed by atoms with van der Waals surface area (Å²) in [6.45, 7) is 5.55. The molecule has 9 heteroatoms. The number of nitrogens with one attached hydrogen (secondary N) is 1. The van der Waals surface area contributed by atoms with Crippen molar-refractivity contribution in [2.24, 2.45) is 5.41 Å². The van der Waals surface area contributed by atoms with Crippen LogP contribution in [0.15, 0.2) is 42.5 Å². The topological polar surface area (TPSA) is 92.8 Å². The molecule has 2 aromatic rings. The van der Waals surface area contributed by atoms with E-state index in [2.05, 4.69) is 5.32 Å². The molecular formula is C20H21ClN2O5S. The van der Waals surface area contributed by atoms with Gasteiger partial charge in [0.15, 0.2) is 0 Å². The smallest absolute Gasteiger partial charge is 0.257 e. The molecule has 0 saturated carbocycles. The number of amides is 2. The number of halogens is 1. The zero-order valence-corrected chi connectivity index (χ0v) is 17.8. The summed E-state index contributed by atoms with van der Waals surface area (Å²) in [5, 5.41) is 2.84. The summed E-state index contributed by atoms with van der Waals surface area (Å²) in [5.41, 5.74) is -0.373. The summed E-state index contributed by atoms with van der Waals surface area (Å²) in [4.78, 5) is 25.3. The molecule has 0 aromatic heterocycles. The lowest BCUT2D eigenvalue weighted by molar-refractivity contribution is -0.123. The predicted octanol–water partition coefficient (Wildman–Crippen LogP) is 3.69. The monoisotopic (exact) mass is 436 g/mol. The highest BCUT2D eigenvalue weighted by Crippen LogP contribution is 2.37. The van der Waals surface area contributed by atoms with Gasteiger partial charge in [0, 0.05) is 5.69 Å². The van der Waals surface area contributed by atoms with Crippen LogP contribution in [0.25, 0.3) is 0 Å². The molecule has 1 aliphatic heterocycles. The van der Waals surface area contributed by atoms with Gasteiger partial charge in [-0.3, -0.25) is 9.59 Å². The molecule has 3 rings (SSSR count). The second-order valence-electron chi connectivity index (χ2n) is 7.29. The molecule has 2 aromatic carbocycles. The van der Waals surface area contributed by atoms with E-state index in [1.807, 2.05) is 6.92 Å². The molecule has 1 saturated heterocycles. The highest BCUT2D eigenvalue weighted by Gasteiger charge is 2.50. The van der Waals surface area contributed by atoms with Crippen LogP contribution in [0.2, 0.25) is 5.02 Å². The fourth-order valence-corrected chi connectivity index (χ4v) is 5.38. The Labute approximate surface area is 174 Å². The lowest BCUT2D eigenvalue weighted by Crippen LogP contribution is -2.33. The lowest BCUT2D eigenvalue weighted by atomic mass is 9.95. The second kappa shape index (κ2) is 7.68. The Bertz CT molecular complexity index is 1060. The molecule has 0 atom stereocenters. The first kappa shape index (κ1) is 21.1. The van der Waals surface area contributed by atoms with Crippen LogP contribution in [0, 0.1) is 5.41 Å². The van der Waals surface area contributed by atoms with Crippen molar-refractivity contribution in [1.29, 1.82) is 0 Å². The molecule has 2 amide bonds. The molecule has 7 nitrogen and oxygen atoms in total. The molecule has 1 heterocycles. The SMILES string of the molecule is CCOc1ccc(NC(=O)c2cc(N3C(=O)C(C)(C)CS3(=O)=O)ccc2Cl)cc1. The molecule has 0 aliphatic carbocycles. The van der Waals surface area contributed by atoms with Crippen molar-refractivity contribution in [2.75, 3.05) is 22.0 Å². The number of carbonyl (C=O) groups is 2. The molecule has 29 heavy (non-hydrogen) atoms. The van der Waals surface area contributed by atoms with E-state index in [4.69, 9.17) is 16.3 Å². The Morgan fingerprint density at radius 1 is 1.21 bits per heavy atom. The van der Waals surface area contributed by atoms with E-state index in [0.29, 0.717) is 18.0 Å². The average Bonchev–Trinajstić information content (AvgIpc) is 2.80. The Kier molecular flexibility index (Phi) is 5.60. The maximum Gasteiger partial charge on any atom is 0.257 e. The molecule has 1 fully saturated rings. The Morgan fingerprint density at radius 3 is 2.41 bits per heavy atom. The summed E-state index contributed by atoms with van der Waals surface area (Å²) >= 11 is 6.16.